The lowest BCUT2D eigenvalue weighted by Crippen LogP contribution is -2.40. The average Bonchev–Trinajstić information content (AvgIpc) is 2.66. The Morgan fingerprint density at radius 1 is 1.37 bits per heavy atom. The maximum Gasteiger partial charge on any atom is 0.407 e. The van der Waals surface area contributed by atoms with Gasteiger partial charge in [0.15, 0.2) is 9.84 Å². The van der Waals surface area contributed by atoms with Crippen molar-refractivity contribution in [2.75, 3.05) is 31.2 Å². The minimum absolute atomic E-state index is 0.00229. The van der Waals surface area contributed by atoms with Crippen molar-refractivity contribution in [3.05, 3.63) is 0 Å². The molecule has 1 unspecified atom stereocenters. The van der Waals surface area contributed by atoms with Crippen LogP contribution in [0.2, 0.25) is 0 Å². The standard InChI is InChI=1S/C9H18N2O6S2/c1-2-17-9(12)10-4-5-11-19(15,16)8-3-6-18(13,14)7-8/h8,11H,2-7H2,1H3,(H,10,12). The first kappa shape index (κ1) is 16.2. The number of amides is 1. The molecule has 0 aromatic heterocycles. The molecule has 10 heteroatoms. The summed E-state index contributed by atoms with van der Waals surface area (Å²) in [5.41, 5.74) is 0. The number of carbonyl (C=O) groups is 1. The van der Waals surface area contributed by atoms with E-state index in [1.165, 1.54) is 0 Å². The molecular formula is C9H18N2O6S2. The van der Waals surface area contributed by atoms with Crippen molar-refractivity contribution >= 4 is 26.0 Å². The molecule has 1 fully saturated rings. The number of rotatable bonds is 6. The Morgan fingerprint density at radius 3 is 2.58 bits per heavy atom. The molecule has 1 amide bonds. The molecule has 0 radical (unpaired) electrons. The van der Waals surface area contributed by atoms with Gasteiger partial charge >= 0.3 is 6.09 Å². The molecular weight excluding hydrogens is 296 g/mol. The lowest BCUT2D eigenvalue weighted by Gasteiger charge is -2.11. The molecule has 2 N–H and O–H groups in total. The van der Waals surface area contributed by atoms with Gasteiger partial charge in [0.1, 0.15) is 0 Å². The van der Waals surface area contributed by atoms with Crippen LogP contribution in [-0.2, 0) is 24.6 Å². The van der Waals surface area contributed by atoms with Crippen molar-refractivity contribution in [1.82, 2.24) is 10.0 Å². The first-order chi connectivity index (χ1) is 8.77. The van der Waals surface area contributed by atoms with Crippen LogP contribution in [0.4, 0.5) is 4.79 Å². The topological polar surface area (TPSA) is 119 Å². The van der Waals surface area contributed by atoms with E-state index in [1.54, 1.807) is 6.92 Å². The summed E-state index contributed by atoms with van der Waals surface area (Å²) in [7, 11) is -6.90. The maximum atomic E-state index is 11.8. The number of nitrogens with one attached hydrogen (secondary N) is 2. The van der Waals surface area contributed by atoms with Crippen molar-refractivity contribution < 1.29 is 26.4 Å². The number of hydrogen-bond acceptors (Lipinski definition) is 6. The summed E-state index contributed by atoms with van der Waals surface area (Å²) in [6, 6.07) is 0. The molecule has 8 nitrogen and oxygen atoms in total. The molecule has 1 aliphatic heterocycles. The molecule has 0 aliphatic carbocycles. The predicted molar refractivity (Wildman–Crippen MR) is 69.0 cm³/mol. The van der Waals surface area contributed by atoms with Crippen molar-refractivity contribution in [2.45, 2.75) is 18.6 Å². The number of hydrogen-bond donors (Lipinski definition) is 2. The summed E-state index contributed by atoms with van der Waals surface area (Å²) < 4.78 is 52.8. The van der Waals surface area contributed by atoms with E-state index in [9.17, 15) is 21.6 Å². The fraction of sp³-hybridized carbons (Fsp3) is 0.889. The monoisotopic (exact) mass is 314 g/mol. The summed E-state index contributed by atoms with van der Waals surface area (Å²) in [6.07, 6.45) is -0.506. The number of carbonyl (C=O) groups excluding carboxylic acids is 1. The van der Waals surface area contributed by atoms with Gasteiger partial charge in [0.2, 0.25) is 10.0 Å². The number of sulfone groups is 1. The Labute approximate surface area is 112 Å². The molecule has 1 heterocycles. The third kappa shape index (κ3) is 5.33. The van der Waals surface area contributed by atoms with Crippen LogP contribution in [0.5, 0.6) is 0 Å². The van der Waals surface area contributed by atoms with Gasteiger partial charge in [-0.05, 0) is 13.3 Å². The zero-order valence-electron chi connectivity index (χ0n) is 10.6. The second-order valence-electron chi connectivity index (χ2n) is 4.11. The SMILES string of the molecule is CCOC(=O)NCCNS(=O)(=O)C1CCS(=O)(=O)C1. The third-order valence-electron chi connectivity index (χ3n) is 2.60. The Morgan fingerprint density at radius 2 is 2.05 bits per heavy atom. The highest BCUT2D eigenvalue weighted by atomic mass is 32.2. The molecule has 1 atom stereocenters. The molecule has 0 saturated carbocycles. The van der Waals surface area contributed by atoms with Gasteiger partial charge in [-0.2, -0.15) is 0 Å². The van der Waals surface area contributed by atoms with Crippen LogP contribution < -0.4 is 10.0 Å². The van der Waals surface area contributed by atoms with Gasteiger partial charge in [0.05, 0.1) is 23.4 Å². The summed E-state index contributed by atoms with van der Waals surface area (Å²) in [4.78, 5) is 10.9. The van der Waals surface area contributed by atoms with Gasteiger partial charge < -0.3 is 10.1 Å². The molecule has 0 bridgehead atoms. The second kappa shape index (κ2) is 6.53. The second-order valence-corrected chi connectivity index (χ2v) is 8.39. The zero-order chi connectivity index (χ0) is 14.5. The largest absolute Gasteiger partial charge is 0.450 e. The predicted octanol–water partition coefficient (Wildman–Crippen LogP) is -1.16. The van der Waals surface area contributed by atoms with E-state index in [0.717, 1.165) is 0 Å². The van der Waals surface area contributed by atoms with Crippen molar-refractivity contribution in [3.63, 3.8) is 0 Å². The lowest BCUT2D eigenvalue weighted by molar-refractivity contribution is 0.152. The van der Waals surface area contributed by atoms with Crippen molar-refractivity contribution in [3.8, 4) is 0 Å². The normalized spacial score (nSPS) is 22.1. The fourth-order valence-electron chi connectivity index (χ4n) is 1.66. The molecule has 1 saturated heterocycles. The molecule has 0 aromatic rings. The summed E-state index contributed by atoms with van der Waals surface area (Å²) in [5.74, 6) is -0.437. The van der Waals surface area contributed by atoms with Crippen LogP contribution in [0.25, 0.3) is 0 Å². The van der Waals surface area contributed by atoms with Crippen LogP contribution in [0, 0.1) is 0 Å². The van der Waals surface area contributed by atoms with Crippen LogP contribution in [-0.4, -0.2) is 59.4 Å². The van der Waals surface area contributed by atoms with Gasteiger partial charge in [-0.25, -0.2) is 26.4 Å². The molecule has 1 aliphatic rings. The van der Waals surface area contributed by atoms with E-state index >= 15 is 0 Å². The minimum atomic E-state index is -3.66. The number of sulfonamides is 1. The lowest BCUT2D eigenvalue weighted by atomic mass is 10.4. The third-order valence-corrected chi connectivity index (χ3v) is 6.47. The van der Waals surface area contributed by atoms with E-state index in [0.29, 0.717) is 0 Å². The van der Waals surface area contributed by atoms with Gasteiger partial charge in [0.25, 0.3) is 0 Å². The van der Waals surface area contributed by atoms with E-state index in [4.69, 9.17) is 0 Å². The average molecular weight is 314 g/mol. The van der Waals surface area contributed by atoms with Crippen LogP contribution in [0.3, 0.4) is 0 Å². The summed E-state index contributed by atoms with van der Waals surface area (Å²) >= 11 is 0. The van der Waals surface area contributed by atoms with Crippen LogP contribution in [0.15, 0.2) is 0 Å². The molecule has 112 valence electrons. The number of ether oxygens (including phenoxy) is 1. The van der Waals surface area contributed by atoms with E-state index in [-0.39, 0.29) is 37.6 Å². The molecule has 1 rings (SSSR count). The molecule has 0 aromatic carbocycles. The Balaban J connectivity index is 2.34. The minimum Gasteiger partial charge on any atom is -0.450 e. The smallest absolute Gasteiger partial charge is 0.407 e. The van der Waals surface area contributed by atoms with Crippen LogP contribution in [0.1, 0.15) is 13.3 Å². The van der Waals surface area contributed by atoms with Gasteiger partial charge in [-0.1, -0.05) is 0 Å². The van der Waals surface area contributed by atoms with E-state index < -0.39 is 31.2 Å². The quantitative estimate of drug-likeness (QED) is 0.597. The first-order valence-corrected chi connectivity index (χ1v) is 9.23. The molecule has 19 heavy (non-hydrogen) atoms. The zero-order valence-corrected chi connectivity index (χ0v) is 12.2. The van der Waals surface area contributed by atoms with E-state index in [2.05, 4.69) is 14.8 Å². The van der Waals surface area contributed by atoms with Crippen molar-refractivity contribution in [1.29, 1.82) is 0 Å². The first-order valence-electron chi connectivity index (χ1n) is 5.86. The van der Waals surface area contributed by atoms with E-state index in [1.807, 2.05) is 0 Å². The van der Waals surface area contributed by atoms with Gasteiger partial charge in [-0.15, -0.1) is 0 Å². The highest BCUT2D eigenvalue weighted by Gasteiger charge is 2.36. The summed E-state index contributed by atoms with van der Waals surface area (Å²) in [5, 5.41) is 1.45. The number of alkyl carbamates (subject to hydrolysis) is 1. The van der Waals surface area contributed by atoms with Crippen LogP contribution >= 0.6 is 0 Å². The van der Waals surface area contributed by atoms with Crippen molar-refractivity contribution in [2.24, 2.45) is 0 Å². The highest BCUT2D eigenvalue weighted by molar-refractivity contribution is 7.95. The highest BCUT2D eigenvalue weighted by Crippen LogP contribution is 2.17. The Kier molecular flexibility index (Phi) is 5.56. The van der Waals surface area contributed by atoms with Gasteiger partial charge in [0, 0.05) is 13.1 Å². The van der Waals surface area contributed by atoms with Gasteiger partial charge in [-0.3, -0.25) is 0 Å². The maximum absolute atomic E-state index is 11.8. The summed E-state index contributed by atoms with van der Waals surface area (Å²) in [6.45, 7) is 1.97. The fourth-order valence-corrected chi connectivity index (χ4v) is 5.75. The molecule has 0 spiro atoms. The Bertz CT molecular complexity index is 513. The Hall–Kier alpha value is -0.870.